The molecule has 3 nitrogen and oxygen atoms in total. The molecule has 0 unspecified atom stereocenters. The molecule has 0 heterocycles. The van der Waals surface area contributed by atoms with Crippen LogP contribution in [-0.2, 0) is 10.0 Å². The largest absolute Gasteiger partial charge is 0.241 e. The minimum atomic E-state index is -3.62. The summed E-state index contributed by atoms with van der Waals surface area (Å²) < 4.78 is 40.8. The second-order valence-electron chi connectivity index (χ2n) is 6.34. The smallest absolute Gasteiger partial charge is 0.211 e. The maximum Gasteiger partial charge on any atom is 0.241 e. The Kier molecular flexibility index (Phi) is 4.98. The van der Waals surface area contributed by atoms with Crippen molar-refractivity contribution in [1.29, 1.82) is 0 Å². The van der Waals surface area contributed by atoms with E-state index < -0.39 is 15.8 Å². The molecule has 0 atom stereocenters. The molecule has 1 aromatic rings. The number of benzene rings is 1. The molecular formula is C15H24FNO2S. The highest BCUT2D eigenvalue weighted by Gasteiger charge is 2.27. The van der Waals surface area contributed by atoms with Crippen LogP contribution in [0.15, 0.2) is 17.0 Å². The van der Waals surface area contributed by atoms with Crippen molar-refractivity contribution in [3.63, 3.8) is 0 Å². The molecule has 114 valence electrons. The average Bonchev–Trinajstić information content (AvgIpc) is 2.24. The summed E-state index contributed by atoms with van der Waals surface area (Å²) in [6.45, 7) is 11.7. The Morgan fingerprint density at radius 2 is 1.65 bits per heavy atom. The summed E-state index contributed by atoms with van der Waals surface area (Å²) in [6, 6.07) is 2.49. The molecule has 0 radical (unpaired) electrons. The summed E-state index contributed by atoms with van der Waals surface area (Å²) in [5, 5.41) is 0. The molecule has 1 N–H and O–H groups in total. The molecule has 0 fully saturated rings. The molecule has 0 saturated carbocycles. The molecule has 5 heteroatoms. The summed E-state index contributed by atoms with van der Waals surface area (Å²) in [5.74, 6) is -0.0675. The molecule has 1 rings (SSSR count). The first-order chi connectivity index (χ1) is 8.97. The number of halogens is 1. The lowest BCUT2D eigenvalue weighted by atomic mass is 9.81. The standard InChI is InChI=1S/C15H24FNO2S/c1-10(2)15(5,6)9-17-20(18,19)14-11(3)7-13(16)8-12(14)4/h7-8,10,17H,9H2,1-6H3. The van der Waals surface area contributed by atoms with Crippen molar-refractivity contribution in [2.45, 2.75) is 46.4 Å². The van der Waals surface area contributed by atoms with Crippen molar-refractivity contribution >= 4 is 10.0 Å². The minimum absolute atomic E-state index is 0.144. The Bertz CT molecular complexity index is 569. The lowest BCUT2D eigenvalue weighted by molar-refractivity contribution is 0.252. The van der Waals surface area contributed by atoms with Gasteiger partial charge in [-0.2, -0.15) is 0 Å². The molecule has 0 bridgehead atoms. The highest BCUT2D eigenvalue weighted by atomic mass is 32.2. The molecular weight excluding hydrogens is 277 g/mol. The molecule has 0 spiro atoms. The quantitative estimate of drug-likeness (QED) is 0.906. The summed E-state index contributed by atoms with van der Waals surface area (Å²) in [4.78, 5) is 0.179. The number of aryl methyl sites for hydroxylation is 2. The van der Waals surface area contributed by atoms with Crippen LogP contribution in [0, 0.1) is 31.0 Å². The van der Waals surface area contributed by atoms with Gasteiger partial charge in [0, 0.05) is 6.54 Å². The second kappa shape index (κ2) is 5.82. The van der Waals surface area contributed by atoms with Crippen molar-refractivity contribution < 1.29 is 12.8 Å². The van der Waals surface area contributed by atoms with Crippen LogP contribution in [0.1, 0.15) is 38.8 Å². The number of hydrogen-bond donors (Lipinski definition) is 1. The Labute approximate surface area is 121 Å². The third-order valence-corrected chi connectivity index (χ3v) is 5.68. The molecule has 1 aromatic carbocycles. The number of hydrogen-bond acceptors (Lipinski definition) is 2. The SMILES string of the molecule is Cc1cc(F)cc(C)c1S(=O)(=O)NCC(C)(C)C(C)C. The zero-order valence-corrected chi connectivity index (χ0v) is 13.9. The van der Waals surface area contributed by atoms with Gasteiger partial charge in [-0.3, -0.25) is 0 Å². The minimum Gasteiger partial charge on any atom is -0.211 e. The van der Waals surface area contributed by atoms with Crippen molar-refractivity contribution in [2.75, 3.05) is 6.54 Å². The van der Waals surface area contributed by atoms with Crippen LogP contribution >= 0.6 is 0 Å². The molecule has 0 aliphatic carbocycles. The number of sulfonamides is 1. The molecule has 0 saturated heterocycles. The summed E-state index contributed by atoms with van der Waals surface area (Å²) in [6.07, 6.45) is 0. The average molecular weight is 301 g/mol. The zero-order valence-electron chi connectivity index (χ0n) is 13.0. The number of rotatable bonds is 5. The van der Waals surface area contributed by atoms with E-state index in [-0.39, 0.29) is 10.3 Å². The highest BCUT2D eigenvalue weighted by molar-refractivity contribution is 7.89. The first kappa shape index (κ1) is 17.1. The van der Waals surface area contributed by atoms with Gasteiger partial charge in [-0.15, -0.1) is 0 Å². The van der Waals surface area contributed by atoms with Gasteiger partial charge in [0.25, 0.3) is 0 Å². The molecule has 0 aliphatic rings. The van der Waals surface area contributed by atoms with Gasteiger partial charge in [0.05, 0.1) is 4.90 Å². The van der Waals surface area contributed by atoms with Gasteiger partial charge in [-0.25, -0.2) is 17.5 Å². The van der Waals surface area contributed by atoms with E-state index in [0.717, 1.165) is 0 Å². The van der Waals surface area contributed by atoms with E-state index in [2.05, 4.69) is 18.6 Å². The van der Waals surface area contributed by atoms with E-state index in [1.54, 1.807) is 13.8 Å². The van der Waals surface area contributed by atoms with Gasteiger partial charge in [0.2, 0.25) is 10.0 Å². The number of nitrogens with one attached hydrogen (secondary N) is 1. The van der Waals surface area contributed by atoms with Gasteiger partial charge in [0.15, 0.2) is 0 Å². The maximum absolute atomic E-state index is 13.3. The van der Waals surface area contributed by atoms with Gasteiger partial charge in [-0.05, 0) is 48.4 Å². The van der Waals surface area contributed by atoms with E-state index in [4.69, 9.17) is 0 Å². The van der Waals surface area contributed by atoms with Crippen LogP contribution in [0.5, 0.6) is 0 Å². The van der Waals surface area contributed by atoms with Crippen LogP contribution < -0.4 is 4.72 Å². The van der Waals surface area contributed by atoms with Crippen LogP contribution in [0.3, 0.4) is 0 Å². The fourth-order valence-electron chi connectivity index (χ4n) is 1.88. The van der Waals surface area contributed by atoms with E-state index >= 15 is 0 Å². The van der Waals surface area contributed by atoms with E-state index in [0.29, 0.717) is 23.6 Å². The van der Waals surface area contributed by atoms with Crippen molar-refractivity contribution in [1.82, 2.24) is 4.72 Å². The van der Waals surface area contributed by atoms with E-state index in [1.807, 2.05) is 13.8 Å². The van der Waals surface area contributed by atoms with Crippen molar-refractivity contribution in [2.24, 2.45) is 11.3 Å². The maximum atomic E-state index is 13.3. The molecule has 0 aromatic heterocycles. The highest BCUT2D eigenvalue weighted by Crippen LogP contribution is 2.27. The lowest BCUT2D eigenvalue weighted by Gasteiger charge is -2.29. The third kappa shape index (κ3) is 3.79. The summed E-state index contributed by atoms with van der Waals surface area (Å²) in [5.41, 5.74) is 0.712. The topological polar surface area (TPSA) is 46.2 Å². The van der Waals surface area contributed by atoms with Crippen molar-refractivity contribution in [3.05, 3.63) is 29.1 Å². The Hall–Kier alpha value is -0.940. The Morgan fingerprint density at radius 3 is 2.05 bits per heavy atom. The van der Waals surface area contributed by atoms with E-state index in [1.165, 1.54) is 12.1 Å². The van der Waals surface area contributed by atoms with Gasteiger partial charge in [0.1, 0.15) is 5.82 Å². The third-order valence-electron chi connectivity index (χ3n) is 3.97. The molecule has 0 aliphatic heterocycles. The normalized spacial score (nSPS) is 13.0. The monoisotopic (exact) mass is 301 g/mol. The summed E-state index contributed by atoms with van der Waals surface area (Å²) in [7, 11) is -3.62. The van der Waals surface area contributed by atoms with Crippen LogP contribution in [0.4, 0.5) is 4.39 Å². The molecule has 20 heavy (non-hydrogen) atoms. The van der Waals surface area contributed by atoms with Gasteiger partial charge >= 0.3 is 0 Å². The Balaban J connectivity index is 3.08. The predicted octanol–water partition coefficient (Wildman–Crippen LogP) is 3.40. The summed E-state index contributed by atoms with van der Waals surface area (Å²) >= 11 is 0. The van der Waals surface area contributed by atoms with Crippen LogP contribution in [0.25, 0.3) is 0 Å². The zero-order chi connectivity index (χ0) is 15.7. The predicted molar refractivity (Wildman–Crippen MR) is 79.7 cm³/mol. The van der Waals surface area contributed by atoms with E-state index in [9.17, 15) is 12.8 Å². The first-order valence-corrected chi connectivity index (χ1v) is 8.22. The fraction of sp³-hybridized carbons (Fsp3) is 0.600. The molecule has 0 amide bonds. The van der Waals surface area contributed by atoms with Crippen LogP contribution in [-0.4, -0.2) is 15.0 Å². The van der Waals surface area contributed by atoms with Crippen LogP contribution in [0.2, 0.25) is 0 Å². The second-order valence-corrected chi connectivity index (χ2v) is 8.04. The van der Waals surface area contributed by atoms with Crippen molar-refractivity contribution in [3.8, 4) is 0 Å². The van der Waals surface area contributed by atoms with Gasteiger partial charge < -0.3 is 0 Å². The fourth-order valence-corrected chi connectivity index (χ4v) is 3.55. The van der Waals surface area contributed by atoms with Gasteiger partial charge in [-0.1, -0.05) is 27.7 Å². The first-order valence-electron chi connectivity index (χ1n) is 6.74. The Morgan fingerprint density at radius 1 is 1.20 bits per heavy atom. The lowest BCUT2D eigenvalue weighted by Crippen LogP contribution is -2.37.